The summed E-state index contributed by atoms with van der Waals surface area (Å²) in [6, 6.07) is 7.89. The van der Waals surface area contributed by atoms with E-state index >= 15 is 0 Å². The van der Waals surface area contributed by atoms with E-state index in [9.17, 15) is 8.42 Å². The van der Waals surface area contributed by atoms with Gasteiger partial charge in [-0.2, -0.15) is 0 Å². The van der Waals surface area contributed by atoms with Crippen molar-refractivity contribution in [1.29, 1.82) is 0 Å². The Morgan fingerprint density at radius 3 is 2.29 bits per heavy atom. The maximum atomic E-state index is 11.6. The number of rotatable bonds is 5. The Bertz CT molecular complexity index is 718. The van der Waals surface area contributed by atoms with Crippen LogP contribution in [0.3, 0.4) is 0 Å². The van der Waals surface area contributed by atoms with Crippen LogP contribution in [0.4, 0.5) is 0 Å². The maximum Gasteiger partial charge on any atom is 0.273 e. The third-order valence-corrected chi connectivity index (χ3v) is 4.07. The average Bonchev–Trinajstić information content (AvgIpc) is 2.83. The highest BCUT2D eigenvalue weighted by Gasteiger charge is 2.21. The lowest BCUT2D eigenvalue weighted by Crippen LogP contribution is -2.19. The molecular weight excluding hydrogens is 288 g/mol. The number of hydrogen-bond acceptors (Lipinski definition) is 4. The number of primary sulfonamides is 1. The van der Waals surface area contributed by atoms with Gasteiger partial charge < -0.3 is 0 Å². The SMILES string of the molecule is CCCn1c(-c2ccc(C(C)C)cc2)nnc1S(N)(=O)=O. The molecule has 2 rings (SSSR count). The molecule has 7 heteroatoms. The second kappa shape index (κ2) is 5.95. The van der Waals surface area contributed by atoms with Gasteiger partial charge in [0.2, 0.25) is 0 Å². The second-order valence-corrected chi connectivity index (χ2v) is 6.73. The highest BCUT2D eigenvalue weighted by atomic mass is 32.2. The molecule has 6 nitrogen and oxygen atoms in total. The fourth-order valence-electron chi connectivity index (χ4n) is 2.16. The first-order valence-electron chi connectivity index (χ1n) is 6.91. The Hall–Kier alpha value is -1.73. The molecule has 1 aromatic carbocycles. The van der Waals surface area contributed by atoms with Crippen LogP contribution in [0, 0.1) is 0 Å². The number of aromatic nitrogens is 3. The molecule has 0 aliphatic heterocycles. The molecule has 1 aromatic heterocycles. The standard InChI is InChI=1S/C14H20N4O2S/c1-4-9-18-13(16-17-14(18)21(15,19)20)12-7-5-11(6-8-12)10(2)3/h5-8,10H,4,9H2,1-3H3,(H2,15,19,20). The van der Waals surface area contributed by atoms with E-state index in [0.29, 0.717) is 18.3 Å². The van der Waals surface area contributed by atoms with Gasteiger partial charge in [0.25, 0.3) is 15.2 Å². The van der Waals surface area contributed by atoms with Gasteiger partial charge in [-0.1, -0.05) is 45.0 Å². The summed E-state index contributed by atoms with van der Waals surface area (Å²) < 4.78 is 24.7. The van der Waals surface area contributed by atoms with Crippen LogP contribution in [0.15, 0.2) is 29.4 Å². The van der Waals surface area contributed by atoms with Crippen molar-refractivity contribution in [2.45, 2.75) is 44.8 Å². The number of hydrogen-bond donors (Lipinski definition) is 1. The van der Waals surface area contributed by atoms with E-state index in [1.165, 1.54) is 5.56 Å². The Balaban J connectivity index is 2.51. The summed E-state index contributed by atoms with van der Waals surface area (Å²) in [5, 5.41) is 12.7. The summed E-state index contributed by atoms with van der Waals surface area (Å²) in [5.74, 6) is 0.962. The molecule has 2 N–H and O–H groups in total. The summed E-state index contributed by atoms with van der Waals surface area (Å²) in [5.41, 5.74) is 2.04. The lowest BCUT2D eigenvalue weighted by atomic mass is 10.0. The van der Waals surface area contributed by atoms with Crippen LogP contribution in [-0.4, -0.2) is 23.2 Å². The minimum Gasteiger partial charge on any atom is -0.297 e. The highest BCUT2D eigenvalue weighted by molar-refractivity contribution is 7.89. The van der Waals surface area contributed by atoms with Crippen LogP contribution in [0.25, 0.3) is 11.4 Å². The van der Waals surface area contributed by atoms with Gasteiger partial charge in [0.1, 0.15) is 0 Å². The summed E-state index contributed by atoms with van der Waals surface area (Å²) in [7, 11) is -3.88. The molecular formula is C14H20N4O2S. The van der Waals surface area contributed by atoms with Crippen molar-refractivity contribution < 1.29 is 8.42 Å². The van der Waals surface area contributed by atoms with E-state index in [2.05, 4.69) is 24.0 Å². The molecule has 0 unspecified atom stereocenters. The van der Waals surface area contributed by atoms with Gasteiger partial charge in [-0.15, -0.1) is 10.2 Å². The van der Waals surface area contributed by atoms with Crippen molar-refractivity contribution in [1.82, 2.24) is 14.8 Å². The van der Waals surface area contributed by atoms with Gasteiger partial charge in [0.05, 0.1) is 0 Å². The molecule has 0 aliphatic rings. The van der Waals surface area contributed by atoms with Crippen LogP contribution < -0.4 is 5.14 Å². The normalized spacial score (nSPS) is 12.0. The lowest BCUT2D eigenvalue weighted by Gasteiger charge is -2.09. The molecule has 0 atom stereocenters. The van der Waals surface area contributed by atoms with Gasteiger partial charge in [-0.05, 0) is 17.9 Å². The van der Waals surface area contributed by atoms with E-state index in [4.69, 9.17) is 5.14 Å². The quantitative estimate of drug-likeness (QED) is 0.916. The van der Waals surface area contributed by atoms with Gasteiger partial charge in [0, 0.05) is 12.1 Å². The van der Waals surface area contributed by atoms with E-state index < -0.39 is 10.0 Å². The Labute approximate surface area is 125 Å². The van der Waals surface area contributed by atoms with Crippen molar-refractivity contribution in [3.05, 3.63) is 29.8 Å². The molecule has 0 radical (unpaired) electrons. The molecule has 2 aromatic rings. The molecule has 1 heterocycles. The fraction of sp³-hybridized carbons (Fsp3) is 0.429. The van der Waals surface area contributed by atoms with Crippen molar-refractivity contribution >= 4 is 10.0 Å². The lowest BCUT2D eigenvalue weighted by molar-refractivity contribution is 0.559. The summed E-state index contributed by atoms with van der Waals surface area (Å²) >= 11 is 0. The molecule has 0 spiro atoms. The number of nitrogens with zero attached hydrogens (tertiary/aromatic N) is 3. The predicted molar refractivity (Wildman–Crippen MR) is 81.2 cm³/mol. The van der Waals surface area contributed by atoms with Gasteiger partial charge in [-0.3, -0.25) is 4.57 Å². The van der Waals surface area contributed by atoms with Crippen LogP contribution >= 0.6 is 0 Å². The van der Waals surface area contributed by atoms with Crippen LogP contribution in [0.1, 0.15) is 38.7 Å². The summed E-state index contributed by atoms with van der Waals surface area (Å²) in [6.45, 7) is 6.69. The topological polar surface area (TPSA) is 90.9 Å². The van der Waals surface area contributed by atoms with E-state index in [0.717, 1.165) is 12.0 Å². The van der Waals surface area contributed by atoms with Crippen molar-refractivity contribution in [3.8, 4) is 11.4 Å². The van der Waals surface area contributed by atoms with Crippen molar-refractivity contribution in [3.63, 3.8) is 0 Å². The predicted octanol–water partition coefficient (Wildman–Crippen LogP) is 2.13. The van der Waals surface area contributed by atoms with E-state index in [1.807, 2.05) is 31.2 Å². The molecule has 0 saturated carbocycles. The van der Waals surface area contributed by atoms with Crippen molar-refractivity contribution in [2.24, 2.45) is 5.14 Å². The van der Waals surface area contributed by atoms with Gasteiger partial charge in [-0.25, -0.2) is 13.6 Å². The molecule has 0 saturated heterocycles. The molecule has 0 amide bonds. The zero-order valence-corrected chi connectivity index (χ0v) is 13.3. The molecule has 0 fully saturated rings. The largest absolute Gasteiger partial charge is 0.297 e. The molecule has 21 heavy (non-hydrogen) atoms. The minimum atomic E-state index is -3.88. The average molecular weight is 308 g/mol. The number of nitrogens with two attached hydrogens (primary N) is 1. The maximum absolute atomic E-state index is 11.6. The van der Waals surface area contributed by atoms with Crippen LogP contribution in [-0.2, 0) is 16.6 Å². The Morgan fingerprint density at radius 2 is 1.81 bits per heavy atom. The molecule has 0 bridgehead atoms. The number of benzene rings is 1. The van der Waals surface area contributed by atoms with Crippen molar-refractivity contribution in [2.75, 3.05) is 0 Å². The zero-order valence-electron chi connectivity index (χ0n) is 12.4. The van der Waals surface area contributed by atoms with E-state index in [-0.39, 0.29) is 5.16 Å². The highest BCUT2D eigenvalue weighted by Crippen LogP contribution is 2.23. The second-order valence-electron chi connectivity index (χ2n) is 5.28. The summed E-state index contributed by atoms with van der Waals surface area (Å²) in [6.07, 6.45) is 0.762. The fourth-order valence-corrected chi connectivity index (χ4v) is 2.79. The van der Waals surface area contributed by atoms with Crippen LogP contribution in [0.2, 0.25) is 0 Å². The van der Waals surface area contributed by atoms with Gasteiger partial charge >= 0.3 is 0 Å². The molecule has 114 valence electrons. The first-order chi connectivity index (χ1) is 9.84. The third-order valence-electron chi connectivity index (χ3n) is 3.25. The monoisotopic (exact) mass is 308 g/mol. The molecule has 0 aliphatic carbocycles. The van der Waals surface area contributed by atoms with Crippen LogP contribution in [0.5, 0.6) is 0 Å². The first kappa shape index (κ1) is 15.7. The smallest absolute Gasteiger partial charge is 0.273 e. The first-order valence-corrected chi connectivity index (χ1v) is 8.45. The minimum absolute atomic E-state index is 0.188. The van der Waals surface area contributed by atoms with Gasteiger partial charge in [0.15, 0.2) is 5.82 Å². The zero-order chi connectivity index (χ0) is 15.6. The Morgan fingerprint density at radius 1 is 1.19 bits per heavy atom. The third kappa shape index (κ3) is 3.30. The number of sulfonamides is 1. The van der Waals surface area contributed by atoms with E-state index in [1.54, 1.807) is 4.57 Å². The summed E-state index contributed by atoms with van der Waals surface area (Å²) in [4.78, 5) is 0. The Kier molecular flexibility index (Phi) is 4.43.